The SMILES string of the molecule is CCNC(=NCC(=O)NC(C)(C)C)NCCCCN1C(=O)c2ccccc2C1=O.I. The van der Waals surface area contributed by atoms with Crippen molar-refractivity contribution in [2.45, 2.75) is 46.1 Å². The van der Waals surface area contributed by atoms with Gasteiger partial charge in [0.2, 0.25) is 5.91 Å². The van der Waals surface area contributed by atoms with Crippen molar-refractivity contribution < 1.29 is 14.4 Å². The zero-order valence-electron chi connectivity index (χ0n) is 18.1. The maximum absolute atomic E-state index is 12.3. The van der Waals surface area contributed by atoms with Crippen molar-refractivity contribution in [1.82, 2.24) is 20.9 Å². The van der Waals surface area contributed by atoms with Gasteiger partial charge in [-0.05, 0) is 52.7 Å². The Hall–Kier alpha value is -2.17. The Balaban J connectivity index is 0.00000450. The van der Waals surface area contributed by atoms with Gasteiger partial charge in [0.05, 0.1) is 11.1 Å². The number of unbranched alkanes of at least 4 members (excludes halogenated alkanes) is 1. The third-order valence-corrected chi connectivity index (χ3v) is 4.22. The second-order valence-electron chi connectivity index (χ2n) is 7.93. The maximum Gasteiger partial charge on any atom is 0.261 e. The van der Waals surface area contributed by atoms with Crippen LogP contribution in [0.4, 0.5) is 0 Å². The van der Waals surface area contributed by atoms with E-state index in [-0.39, 0.29) is 53.8 Å². The quantitative estimate of drug-likeness (QED) is 0.158. The van der Waals surface area contributed by atoms with Gasteiger partial charge in [-0.1, -0.05) is 12.1 Å². The van der Waals surface area contributed by atoms with E-state index in [0.717, 1.165) is 6.42 Å². The maximum atomic E-state index is 12.3. The normalized spacial score (nSPS) is 13.6. The number of nitrogens with zero attached hydrogens (tertiary/aromatic N) is 2. The van der Waals surface area contributed by atoms with Crippen molar-refractivity contribution in [2.24, 2.45) is 4.99 Å². The van der Waals surface area contributed by atoms with E-state index >= 15 is 0 Å². The van der Waals surface area contributed by atoms with Crippen molar-refractivity contribution in [2.75, 3.05) is 26.2 Å². The molecule has 9 heteroatoms. The Bertz CT molecular complexity index is 754. The van der Waals surface area contributed by atoms with Crippen LogP contribution in [0, 0.1) is 0 Å². The van der Waals surface area contributed by atoms with Gasteiger partial charge in [-0.3, -0.25) is 19.3 Å². The molecule has 0 aromatic heterocycles. The van der Waals surface area contributed by atoms with Gasteiger partial charge in [0, 0.05) is 25.2 Å². The standard InChI is InChI=1S/C21H31N5O3.HI/c1-5-22-20(24-14-17(27)25-21(2,3)4)23-12-8-9-13-26-18(28)15-10-6-7-11-16(15)19(26)29;/h6-7,10-11H,5,8-9,12-14H2,1-4H3,(H,25,27)(H2,22,23,24);1H. The summed E-state index contributed by atoms with van der Waals surface area (Å²) in [6, 6.07) is 6.90. The largest absolute Gasteiger partial charge is 0.357 e. The summed E-state index contributed by atoms with van der Waals surface area (Å²) in [5, 5.41) is 9.14. The predicted octanol–water partition coefficient (Wildman–Crippen LogP) is 2.15. The molecule has 1 aromatic carbocycles. The number of aliphatic imine (C=N–C) groups is 1. The number of fused-ring (bicyclic) bond motifs is 1. The number of nitrogens with one attached hydrogen (secondary N) is 3. The molecule has 30 heavy (non-hydrogen) atoms. The Labute approximate surface area is 195 Å². The molecule has 0 bridgehead atoms. The zero-order valence-corrected chi connectivity index (χ0v) is 20.4. The molecule has 0 saturated carbocycles. The van der Waals surface area contributed by atoms with Crippen molar-refractivity contribution in [3.05, 3.63) is 35.4 Å². The third-order valence-electron chi connectivity index (χ3n) is 4.22. The molecule has 2 rings (SSSR count). The highest BCUT2D eigenvalue weighted by Gasteiger charge is 2.34. The van der Waals surface area contributed by atoms with Gasteiger partial charge in [0.25, 0.3) is 11.8 Å². The lowest BCUT2D eigenvalue weighted by molar-refractivity contribution is -0.121. The topological polar surface area (TPSA) is 103 Å². The molecule has 0 spiro atoms. The molecule has 1 heterocycles. The smallest absolute Gasteiger partial charge is 0.261 e. The summed E-state index contributed by atoms with van der Waals surface area (Å²) in [5.41, 5.74) is 0.666. The fourth-order valence-corrected chi connectivity index (χ4v) is 2.99. The summed E-state index contributed by atoms with van der Waals surface area (Å²) in [6.07, 6.45) is 1.44. The predicted molar refractivity (Wildman–Crippen MR) is 128 cm³/mol. The monoisotopic (exact) mass is 529 g/mol. The lowest BCUT2D eigenvalue weighted by Gasteiger charge is -2.20. The molecule has 0 aliphatic carbocycles. The van der Waals surface area contributed by atoms with E-state index in [0.29, 0.717) is 43.1 Å². The van der Waals surface area contributed by atoms with Gasteiger partial charge < -0.3 is 16.0 Å². The molecule has 3 N–H and O–H groups in total. The summed E-state index contributed by atoms with van der Waals surface area (Å²) in [5.74, 6) is -0.0192. The Morgan fingerprint density at radius 3 is 2.17 bits per heavy atom. The first-order valence-electron chi connectivity index (χ1n) is 10.0. The van der Waals surface area contributed by atoms with Crippen LogP contribution in [-0.4, -0.2) is 60.3 Å². The molecule has 8 nitrogen and oxygen atoms in total. The highest BCUT2D eigenvalue weighted by molar-refractivity contribution is 14.0. The number of carbonyl (C=O) groups is 3. The van der Waals surface area contributed by atoms with Crippen LogP contribution in [0.25, 0.3) is 0 Å². The number of carbonyl (C=O) groups excluding carboxylic acids is 3. The van der Waals surface area contributed by atoms with Crippen LogP contribution in [0.5, 0.6) is 0 Å². The molecule has 0 atom stereocenters. The molecule has 0 unspecified atom stereocenters. The van der Waals surface area contributed by atoms with Crippen LogP contribution in [0.2, 0.25) is 0 Å². The lowest BCUT2D eigenvalue weighted by Crippen LogP contribution is -2.43. The Kier molecular flexibility index (Phi) is 10.2. The molecule has 0 saturated heterocycles. The average molecular weight is 529 g/mol. The van der Waals surface area contributed by atoms with E-state index in [9.17, 15) is 14.4 Å². The van der Waals surface area contributed by atoms with Crippen molar-refractivity contribution in [3.8, 4) is 0 Å². The second kappa shape index (κ2) is 11.9. The van der Waals surface area contributed by atoms with E-state index in [1.54, 1.807) is 24.3 Å². The minimum absolute atomic E-state index is 0. The molecule has 3 amide bonds. The van der Waals surface area contributed by atoms with Crippen LogP contribution in [-0.2, 0) is 4.79 Å². The number of benzene rings is 1. The van der Waals surface area contributed by atoms with Gasteiger partial charge >= 0.3 is 0 Å². The summed E-state index contributed by atoms with van der Waals surface area (Å²) in [6.45, 7) is 9.45. The number of rotatable bonds is 8. The molecule has 1 aliphatic heterocycles. The van der Waals surface area contributed by atoms with Crippen molar-refractivity contribution >= 4 is 47.7 Å². The number of halogens is 1. The first-order valence-corrected chi connectivity index (χ1v) is 10.0. The number of hydrogen-bond acceptors (Lipinski definition) is 4. The Morgan fingerprint density at radius 2 is 1.63 bits per heavy atom. The number of amides is 3. The highest BCUT2D eigenvalue weighted by Crippen LogP contribution is 2.22. The van der Waals surface area contributed by atoms with Gasteiger partial charge in [0.15, 0.2) is 5.96 Å². The van der Waals surface area contributed by atoms with Gasteiger partial charge in [-0.2, -0.15) is 0 Å². The van der Waals surface area contributed by atoms with Crippen molar-refractivity contribution in [1.29, 1.82) is 0 Å². The van der Waals surface area contributed by atoms with Crippen LogP contribution >= 0.6 is 24.0 Å². The van der Waals surface area contributed by atoms with E-state index < -0.39 is 0 Å². The highest BCUT2D eigenvalue weighted by atomic mass is 127. The molecule has 0 fully saturated rings. The zero-order chi connectivity index (χ0) is 21.4. The molecule has 1 aromatic rings. The van der Waals surface area contributed by atoms with Gasteiger partial charge in [-0.15, -0.1) is 24.0 Å². The summed E-state index contributed by atoms with van der Waals surface area (Å²) in [7, 11) is 0. The number of guanidine groups is 1. The van der Waals surface area contributed by atoms with Crippen LogP contribution in [0.15, 0.2) is 29.3 Å². The summed E-state index contributed by atoms with van der Waals surface area (Å²) >= 11 is 0. The number of imide groups is 1. The molecule has 1 aliphatic rings. The lowest BCUT2D eigenvalue weighted by atomic mass is 10.1. The fourth-order valence-electron chi connectivity index (χ4n) is 2.99. The molecule has 0 radical (unpaired) electrons. The van der Waals surface area contributed by atoms with E-state index in [2.05, 4.69) is 20.9 Å². The third kappa shape index (κ3) is 7.58. The van der Waals surface area contributed by atoms with E-state index in [4.69, 9.17) is 0 Å². The first kappa shape index (κ1) is 25.9. The second-order valence-corrected chi connectivity index (χ2v) is 7.93. The minimum Gasteiger partial charge on any atom is -0.357 e. The molecule has 166 valence electrons. The summed E-state index contributed by atoms with van der Waals surface area (Å²) in [4.78, 5) is 42.2. The molecular formula is C21H32IN5O3. The fraction of sp³-hybridized carbons (Fsp3) is 0.524. The van der Waals surface area contributed by atoms with Crippen LogP contribution in [0.1, 0.15) is 61.3 Å². The first-order chi connectivity index (χ1) is 13.7. The van der Waals surface area contributed by atoms with Crippen molar-refractivity contribution in [3.63, 3.8) is 0 Å². The number of hydrogen-bond donors (Lipinski definition) is 3. The Morgan fingerprint density at radius 1 is 1.03 bits per heavy atom. The van der Waals surface area contributed by atoms with Gasteiger partial charge in [-0.25, -0.2) is 4.99 Å². The van der Waals surface area contributed by atoms with Crippen LogP contribution in [0.3, 0.4) is 0 Å². The van der Waals surface area contributed by atoms with Gasteiger partial charge in [0.1, 0.15) is 6.54 Å². The van der Waals surface area contributed by atoms with E-state index in [1.165, 1.54) is 4.90 Å². The minimum atomic E-state index is -0.289. The van der Waals surface area contributed by atoms with E-state index in [1.807, 2.05) is 27.7 Å². The average Bonchev–Trinajstić information content (AvgIpc) is 2.89. The molecular weight excluding hydrogens is 497 g/mol. The summed E-state index contributed by atoms with van der Waals surface area (Å²) < 4.78 is 0. The van der Waals surface area contributed by atoms with Crippen LogP contribution < -0.4 is 16.0 Å².